The standard InChI is InChI=1S/C64H54N2/c1-7-9-23-49(42(3)4)59(18-8-2)65-60-26-16-15-25-51(60)58-40-56(46-32-28-43(5)29-33-46)52-38-39-55-62(41-57(47-34-30-44(6)31-35-47)53-36-37-54(58)63(52)64(53)55)66(48-21-11-10-12-22-48)61-27-17-20-45-19-13-14-24-50(45)61/h7-41,51,60,65H,1,3H2,2,4-6H3/b18-8-,23-9-,59-49+. The summed E-state index contributed by atoms with van der Waals surface area (Å²) < 4.78 is 0. The Hall–Kier alpha value is -7.94. The van der Waals surface area contributed by atoms with E-state index >= 15 is 0 Å². The quantitative estimate of drug-likeness (QED) is 0.0973. The van der Waals surface area contributed by atoms with E-state index in [1.165, 1.54) is 82.0 Å². The van der Waals surface area contributed by atoms with Crippen LogP contribution in [0, 0.1) is 13.8 Å². The van der Waals surface area contributed by atoms with Gasteiger partial charge in [0.05, 0.1) is 17.4 Å². The van der Waals surface area contributed by atoms with Crippen molar-refractivity contribution in [2.75, 3.05) is 4.90 Å². The van der Waals surface area contributed by atoms with Crippen LogP contribution in [0.2, 0.25) is 0 Å². The number of benzene rings is 9. The molecular formula is C64H54N2. The Bertz CT molecular complexity index is 3440. The molecule has 0 saturated heterocycles. The lowest BCUT2D eigenvalue weighted by atomic mass is 9.79. The fraction of sp³-hybridized carbons (Fsp3) is 0.0938. The third-order valence-corrected chi connectivity index (χ3v) is 13.2. The molecule has 0 spiro atoms. The number of nitrogens with zero attached hydrogens (tertiary/aromatic N) is 1. The van der Waals surface area contributed by atoms with Gasteiger partial charge in [0.25, 0.3) is 0 Å². The first-order chi connectivity index (χ1) is 32.3. The van der Waals surface area contributed by atoms with Crippen LogP contribution in [0.4, 0.5) is 17.1 Å². The van der Waals surface area contributed by atoms with Crippen LogP contribution in [0.1, 0.15) is 36.5 Å². The molecule has 0 saturated carbocycles. The van der Waals surface area contributed by atoms with Gasteiger partial charge in [-0.1, -0.05) is 200 Å². The Balaban J connectivity index is 1.31. The minimum atomic E-state index is -0.0457. The average Bonchev–Trinajstić information content (AvgIpc) is 3.34. The number of hydrogen-bond acceptors (Lipinski definition) is 2. The van der Waals surface area contributed by atoms with Crippen LogP contribution in [0.25, 0.3) is 65.3 Å². The molecule has 2 heteroatoms. The third-order valence-electron chi connectivity index (χ3n) is 13.2. The van der Waals surface area contributed by atoms with E-state index in [9.17, 15) is 0 Å². The molecule has 0 heterocycles. The summed E-state index contributed by atoms with van der Waals surface area (Å²) >= 11 is 0. The zero-order chi connectivity index (χ0) is 45.3. The van der Waals surface area contributed by atoms with Gasteiger partial charge in [0.15, 0.2) is 0 Å². The van der Waals surface area contributed by atoms with E-state index in [0.717, 1.165) is 33.9 Å². The van der Waals surface area contributed by atoms with Gasteiger partial charge in [0, 0.05) is 33.5 Å². The van der Waals surface area contributed by atoms with Crippen LogP contribution in [0.15, 0.2) is 242 Å². The van der Waals surface area contributed by atoms with Crippen LogP contribution < -0.4 is 10.2 Å². The van der Waals surface area contributed by atoms with Crippen molar-refractivity contribution in [3.63, 3.8) is 0 Å². The van der Waals surface area contributed by atoms with Gasteiger partial charge < -0.3 is 10.2 Å². The summed E-state index contributed by atoms with van der Waals surface area (Å²) in [6.45, 7) is 16.8. The number of para-hydroxylation sites is 1. The van der Waals surface area contributed by atoms with Crippen molar-refractivity contribution in [2.24, 2.45) is 0 Å². The Morgan fingerprint density at radius 3 is 1.88 bits per heavy atom. The summed E-state index contributed by atoms with van der Waals surface area (Å²) in [6, 6.07) is 58.8. The smallest absolute Gasteiger partial charge is 0.0551 e. The first kappa shape index (κ1) is 42.0. The van der Waals surface area contributed by atoms with Gasteiger partial charge in [-0.05, 0) is 130 Å². The molecule has 1 N–H and O–H groups in total. The maximum Gasteiger partial charge on any atom is 0.0551 e. The zero-order valence-corrected chi connectivity index (χ0v) is 38.2. The summed E-state index contributed by atoms with van der Waals surface area (Å²) in [5.41, 5.74) is 15.0. The van der Waals surface area contributed by atoms with E-state index in [2.05, 4.69) is 251 Å². The molecule has 66 heavy (non-hydrogen) atoms. The van der Waals surface area contributed by atoms with Gasteiger partial charge in [0.2, 0.25) is 0 Å². The Morgan fingerprint density at radius 2 is 1.20 bits per heavy atom. The summed E-state index contributed by atoms with van der Waals surface area (Å²) in [4.78, 5) is 2.48. The summed E-state index contributed by atoms with van der Waals surface area (Å²) in [6.07, 6.45) is 19.2. The second kappa shape index (κ2) is 17.9. The molecule has 2 nitrogen and oxygen atoms in total. The predicted molar refractivity (Wildman–Crippen MR) is 287 cm³/mol. The van der Waals surface area contributed by atoms with Crippen molar-refractivity contribution >= 4 is 60.2 Å². The molecule has 320 valence electrons. The van der Waals surface area contributed by atoms with Crippen molar-refractivity contribution in [3.05, 3.63) is 259 Å². The lowest BCUT2D eigenvalue weighted by Crippen LogP contribution is -2.33. The molecule has 0 bridgehead atoms. The van der Waals surface area contributed by atoms with Crippen molar-refractivity contribution in [1.29, 1.82) is 0 Å². The largest absolute Gasteiger partial charge is 0.377 e. The lowest BCUT2D eigenvalue weighted by molar-refractivity contribution is 0.614. The SMILES string of the molecule is C=C\C=C/C(C(=C)C)=C(/C=C\C)NC1C=CC=CC1c1cc(-c2ccc(C)cc2)c2ccc3c(N(c4ccccc4)c4cccc5ccccc45)cc(-c4ccc(C)cc4)c4ccc1c2c43. The Labute approximate surface area is 389 Å². The Morgan fingerprint density at radius 1 is 0.591 bits per heavy atom. The normalized spacial score (nSPS) is 15.4. The van der Waals surface area contributed by atoms with Gasteiger partial charge >= 0.3 is 0 Å². The van der Waals surface area contributed by atoms with Gasteiger partial charge in [-0.3, -0.25) is 0 Å². The molecule has 10 rings (SSSR count). The van der Waals surface area contributed by atoms with Gasteiger partial charge in [-0.15, -0.1) is 0 Å². The second-order valence-corrected chi connectivity index (χ2v) is 17.6. The average molecular weight is 851 g/mol. The summed E-state index contributed by atoms with van der Waals surface area (Å²) in [5, 5.41) is 13.9. The molecule has 0 aromatic heterocycles. The van der Waals surface area contributed by atoms with E-state index in [-0.39, 0.29) is 12.0 Å². The van der Waals surface area contributed by atoms with Crippen LogP contribution in [-0.4, -0.2) is 6.04 Å². The van der Waals surface area contributed by atoms with Crippen molar-refractivity contribution in [3.8, 4) is 22.3 Å². The lowest BCUT2D eigenvalue weighted by Gasteiger charge is -2.31. The molecule has 1 aliphatic rings. The predicted octanol–water partition coefficient (Wildman–Crippen LogP) is 17.5. The maximum absolute atomic E-state index is 4.37. The number of anilines is 3. The third kappa shape index (κ3) is 7.65. The molecule has 2 atom stereocenters. The second-order valence-electron chi connectivity index (χ2n) is 17.6. The van der Waals surface area contributed by atoms with Crippen LogP contribution in [0.3, 0.4) is 0 Å². The van der Waals surface area contributed by atoms with Crippen molar-refractivity contribution in [2.45, 2.75) is 39.7 Å². The van der Waals surface area contributed by atoms with Crippen LogP contribution in [0.5, 0.6) is 0 Å². The molecule has 0 fully saturated rings. The number of rotatable bonds is 12. The molecular weight excluding hydrogens is 797 g/mol. The minimum absolute atomic E-state index is 0.00585. The Kier molecular flexibility index (Phi) is 11.4. The van der Waals surface area contributed by atoms with E-state index in [1.807, 2.05) is 12.2 Å². The minimum Gasteiger partial charge on any atom is -0.377 e. The highest BCUT2D eigenvalue weighted by Crippen LogP contribution is 2.51. The molecule has 2 unspecified atom stereocenters. The van der Waals surface area contributed by atoms with E-state index in [0.29, 0.717) is 0 Å². The molecule has 9 aromatic carbocycles. The van der Waals surface area contributed by atoms with Gasteiger partial charge in [0.1, 0.15) is 0 Å². The highest BCUT2D eigenvalue weighted by molar-refractivity contribution is 6.31. The fourth-order valence-corrected chi connectivity index (χ4v) is 10.0. The number of hydrogen-bond donors (Lipinski definition) is 1. The number of allylic oxidation sites excluding steroid dienone is 9. The molecule has 0 amide bonds. The van der Waals surface area contributed by atoms with E-state index < -0.39 is 0 Å². The molecule has 9 aromatic rings. The van der Waals surface area contributed by atoms with Crippen LogP contribution in [-0.2, 0) is 0 Å². The molecule has 1 aliphatic carbocycles. The maximum atomic E-state index is 4.37. The fourth-order valence-electron chi connectivity index (χ4n) is 10.0. The van der Waals surface area contributed by atoms with E-state index in [4.69, 9.17) is 0 Å². The highest BCUT2D eigenvalue weighted by Gasteiger charge is 2.28. The van der Waals surface area contributed by atoms with Crippen molar-refractivity contribution < 1.29 is 0 Å². The monoisotopic (exact) mass is 850 g/mol. The molecule has 0 aliphatic heterocycles. The highest BCUT2D eigenvalue weighted by atomic mass is 15.1. The summed E-state index contributed by atoms with van der Waals surface area (Å²) in [5.74, 6) is 0.00585. The number of aryl methyl sites for hydroxylation is 2. The first-order valence-electron chi connectivity index (χ1n) is 23.0. The van der Waals surface area contributed by atoms with Gasteiger partial charge in [-0.25, -0.2) is 0 Å². The van der Waals surface area contributed by atoms with Crippen molar-refractivity contribution in [1.82, 2.24) is 5.32 Å². The van der Waals surface area contributed by atoms with Gasteiger partial charge in [-0.2, -0.15) is 0 Å². The molecule has 0 radical (unpaired) electrons. The van der Waals surface area contributed by atoms with E-state index in [1.54, 1.807) is 0 Å². The number of fused-ring (bicyclic) bond motifs is 1. The first-order valence-corrected chi connectivity index (χ1v) is 23.0. The zero-order valence-electron chi connectivity index (χ0n) is 38.2. The van der Waals surface area contributed by atoms with Crippen LogP contribution >= 0.6 is 0 Å². The summed E-state index contributed by atoms with van der Waals surface area (Å²) in [7, 11) is 0. The topological polar surface area (TPSA) is 15.3 Å². The number of nitrogens with one attached hydrogen (secondary N) is 1.